The zero-order valence-corrected chi connectivity index (χ0v) is 37.6. The van der Waals surface area contributed by atoms with Crippen molar-refractivity contribution in [3.63, 3.8) is 0 Å². The molecule has 0 bridgehead atoms. The van der Waals surface area contributed by atoms with Gasteiger partial charge < -0.3 is 41.0 Å². The Kier molecular flexibility index (Phi) is 15.3. The lowest BCUT2D eigenvalue weighted by molar-refractivity contribution is 0.138. The summed E-state index contributed by atoms with van der Waals surface area (Å²) in [6.07, 6.45) is 10.3. The number of aryl methyl sites for hydroxylation is 2. The summed E-state index contributed by atoms with van der Waals surface area (Å²) in [5.41, 5.74) is 14.5. The minimum Gasteiger partial charge on any atom is -0.388 e. The van der Waals surface area contributed by atoms with E-state index in [4.69, 9.17) is 0 Å². The summed E-state index contributed by atoms with van der Waals surface area (Å²) in [7, 11) is 0. The standard InChI is InChI=1S/C52H71N9/c1-12-53-47-22-20-35(2)32-46(47)36(3)33-49-39(6)51(42(9)58-49)41(8)55-26-17-27-59-28-30-60(31-29-59)34-38(5)54-24-14-13-15-25-56-48-19-16-18-45-43(10)61(44(11)52(45)48)50-23-21-37(4)57-40(50)7/h12,16,18-20,22,32-33,50,53-58H,1,4-5,7-8,10-11,13-15,17,21,23-31,34H2,2-3,6,9H3/b36-33+. The number of H-pyrrole nitrogens is 1. The Labute approximate surface area is 365 Å². The third-order valence-corrected chi connectivity index (χ3v) is 12.4. The zero-order valence-electron chi connectivity index (χ0n) is 37.6. The van der Waals surface area contributed by atoms with E-state index >= 15 is 0 Å². The molecule has 4 aromatic rings. The number of aromatic amines is 1. The number of piperidine rings is 1. The van der Waals surface area contributed by atoms with E-state index in [9.17, 15) is 0 Å². The van der Waals surface area contributed by atoms with E-state index in [0.717, 1.165) is 164 Å². The number of rotatable bonds is 21. The van der Waals surface area contributed by atoms with Crippen molar-refractivity contribution in [1.82, 2.24) is 35.3 Å². The summed E-state index contributed by atoms with van der Waals surface area (Å²) in [5.74, 6) is 0. The van der Waals surface area contributed by atoms with Crippen LogP contribution < -0.4 is 37.3 Å². The van der Waals surface area contributed by atoms with Crippen LogP contribution in [0.15, 0.2) is 92.6 Å². The lowest BCUT2D eigenvalue weighted by Gasteiger charge is -2.35. The second-order valence-corrected chi connectivity index (χ2v) is 17.1. The molecule has 4 heterocycles. The Morgan fingerprint density at radius 3 is 2.34 bits per heavy atom. The number of hydrogen-bond acceptors (Lipinski definition) is 7. The summed E-state index contributed by atoms with van der Waals surface area (Å²) in [4.78, 5) is 8.72. The van der Waals surface area contributed by atoms with E-state index in [1.807, 2.05) is 0 Å². The molecule has 1 atom stereocenters. The van der Waals surface area contributed by atoms with E-state index in [-0.39, 0.29) is 6.04 Å². The van der Waals surface area contributed by atoms with Crippen LogP contribution in [0, 0.1) is 20.8 Å². The number of anilines is 2. The van der Waals surface area contributed by atoms with E-state index < -0.39 is 0 Å². The molecule has 0 amide bonds. The maximum atomic E-state index is 4.50. The first-order valence-electron chi connectivity index (χ1n) is 22.2. The van der Waals surface area contributed by atoms with Gasteiger partial charge in [-0.15, -0.1) is 0 Å². The molecule has 9 heteroatoms. The maximum Gasteiger partial charge on any atom is 0.0738 e. The molecule has 2 aliphatic heterocycles. The molecule has 0 saturated carbocycles. The van der Waals surface area contributed by atoms with Crippen LogP contribution in [0.4, 0.5) is 11.4 Å². The Bertz CT molecular complexity index is 2380. The molecule has 2 saturated heterocycles. The van der Waals surface area contributed by atoms with Crippen molar-refractivity contribution in [3.05, 3.63) is 137 Å². The fourth-order valence-corrected chi connectivity index (χ4v) is 9.11. The molecular weight excluding hydrogens is 751 g/mol. The zero-order chi connectivity index (χ0) is 43.6. The smallest absolute Gasteiger partial charge is 0.0738 e. The number of hydrogen-bond donors (Lipinski definition) is 6. The molecule has 61 heavy (non-hydrogen) atoms. The SMILES string of the molecule is C=CNc1ccc(C)cc1/C(C)=C/c1[nH]c(C)c(C(=C)NCCCN2CCN(CC(=C)NCCCCCNc3cccc4c(=C)n(C5CCC(=C)NC5=C)c(=C)c34)CC2)c1C. The van der Waals surface area contributed by atoms with Gasteiger partial charge in [0.05, 0.1) is 6.04 Å². The molecule has 6 N–H and O–H groups in total. The highest BCUT2D eigenvalue weighted by Crippen LogP contribution is 2.31. The number of unbranched alkanes of at least 4 members (excludes halogenated alkanes) is 2. The number of nitrogens with zero attached hydrogens (tertiary/aromatic N) is 3. The van der Waals surface area contributed by atoms with Gasteiger partial charge in [-0.25, -0.2) is 0 Å². The third kappa shape index (κ3) is 11.0. The number of benzene rings is 2. The Morgan fingerprint density at radius 1 is 0.852 bits per heavy atom. The maximum absolute atomic E-state index is 4.50. The fraction of sp³-hybridized carbons (Fsp3) is 0.385. The summed E-state index contributed by atoms with van der Waals surface area (Å²) in [6, 6.07) is 13.0. The van der Waals surface area contributed by atoms with Crippen LogP contribution >= 0.6 is 0 Å². The number of allylic oxidation sites excluding steroid dienone is 3. The van der Waals surface area contributed by atoms with Gasteiger partial charge in [0.2, 0.25) is 0 Å². The molecule has 324 valence electrons. The number of nitrogens with one attached hydrogen (secondary N) is 6. The summed E-state index contributed by atoms with van der Waals surface area (Å²) in [5, 5.41) is 21.8. The molecule has 0 spiro atoms. The molecule has 1 unspecified atom stereocenters. The van der Waals surface area contributed by atoms with Gasteiger partial charge in [0.15, 0.2) is 0 Å². The first-order valence-corrected chi connectivity index (χ1v) is 22.2. The van der Waals surface area contributed by atoms with Crippen LogP contribution in [0.1, 0.15) is 85.1 Å². The number of fused-ring (bicyclic) bond motifs is 1. The van der Waals surface area contributed by atoms with Crippen molar-refractivity contribution in [2.75, 3.05) is 69.5 Å². The molecule has 2 aliphatic rings. The van der Waals surface area contributed by atoms with Gasteiger partial charge in [0, 0.05) is 131 Å². The second-order valence-electron chi connectivity index (χ2n) is 17.1. The molecule has 6 rings (SSSR count). The van der Waals surface area contributed by atoms with E-state index in [2.05, 4.69) is 162 Å². The van der Waals surface area contributed by atoms with E-state index in [1.165, 1.54) is 27.8 Å². The highest BCUT2D eigenvalue weighted by molar-refractivity contribution is 5.95. The van der Waals surface area contributed by atoms with Crippen LogP contribution in [0.25, 0.3) is 41.3 Å². The van der Waals surface area contributed by atoms with Crippen molar-refractivity contribution < 1.29 is 0 Å². The minimum absolute atomic E-state index is 0.127. The Morgan fingerprint density at radius 2 is 1.59 bits per heavy atom. The van der Waals surface area contributed by atoms with Gasteiger partial charge in [0.1, 0.15) is 0 Å². The summed E-state index contributed by atoms with van der Waals surface area (Å²) >= 11 is 0. The van der Waals surface area contributed by atoms with Gasteiger partial charge in [0.25, 0.3) is 0 Å². The average molecular weight is 822 g/mol. The predicted molar refractivity (Wildman–Crippen MR) is 265 cm³/mol. The van der Waals surface area contributed by atoms with Crippen molar-refractivity contribution in [3.8, 4) is 0 Å². The lowest BCUT2D eigenvalue weighted by atomic mass is 10.00. The highest BCUT2D eigenvalue weighted by Gasteiger charge is 2.23. The molecule has 0 radical (unpaired) electrons. The van der Waals surface area contributed by atoms with Crippen molar-refractivity contribution in [2.24, 2.45) is 0 Å². The van der Waals surface area contributed by atoms with Gasteiger partial charge in [-0.2, -0.15) is 0 Å². The normalized spacial score (nSPS) is 16.4. The van der Waals surface area contributed by atoms with Gasteiger partial charge in [-0.1, -0.05) is 69.8 Å². The van der Waals surface area contributed by atoms with Crippen LogP contribution in [0.5, 0.6) is 0 Å². The quantitative estimate of drug-likeness (QED) is 0.0469. The van der Waals surface area contributed by atoms with Crippen LogP contribution in [-0.2, 0) is 0 Å². The molecule has 2 aromatic carbocycles. The van der Waals surface area contributed by atoms with Crippen LogP contribution in [0.2, 0.25) is 0 Å². The number of piperazine rings is 1. The summed E-state index contributed by atoms with van der Waals surface area (Å²) in [6.45, 7) is 47.6. The van der Waals surface area contributed by atoms with Crippen LogP contribution in [0.3, 0.4) is 0 Å². The lowest BCUT2D eigenvalue weighted by Crippen LogP contribution is -2.48. The number of aromatic nitrogens is 2. The topological polar surface area (TPSA) is 87.3 Å². The van der Waals surface area contributed by atoms with Crippen molar-refractivity contribution in [1.29, 1.82) is 0 Å². The Balaban J connectivity index is 0.848. The molecule has 2 aromatic heterocycles. The summed E-state index contributed by atoms with van der Waals surface area (Å²) < 4.78 is 2.25. The monoisotopic (exact) mass is 822 g/mol. The first-order chi connectivity index (χ1) is 29.4. The Hall–Kier alpha value is -5.64. The van der Waals surface area contributed by atoms with Crippen LogP contribution in [-0.4, -0.2) is 78.3 Å². The molecule has 9 nitrogen and oxygen atoms in total. The van der Waals surface area contributed by atoms with Crippen molar-refractivity contribution in [2.45, 2.75) is 72.3 Å². The minimum atomic E-state index is 0.127. The third-order valence-electron chi connectivity index (χ3n) is 12.4. The van der Waals surface area contributed by atoms with Gasteiger partial charge in [-0.3, -0.25) is 4.90 Å². The van der Waals surface area contributed by atoms with Gasteiger partial charge in [-0.05, 0) is 114 Å². The molecule has 2 fully saturated rings. The second kappa shape index (κ2) is 20.8. The molecular formula is C52H71N9. The first kappa shape index (κ1) is 44.9. The predicted octanol–water partition coefficient (Wildman–Crippen LogP) is 8.74. The largest absolute Gasteiger partial charge is 0.388 e. The van der Waals surface area contributed by atoms with E-state index in [0.29, 0.717) is 0 Å². The highest BCUT2D eigenvalue weighted by atomic mass is 15.3. The van der Waals surface area contributed by atoms with E-state index in [1.54, 1.807) is 6.20 Å². The van der Waals surface area contributed by atoms with Crippen molar-refractivity contribution >= 4 is 52.7 Å². The fourth-order valence-electron chi connectivity index (χ4n) is 9.11. The average Bonchev–Trinajstić information content (AvgIpc) is 3.66. The van der Waals surface area contributed by atoms with Gasteiger partial charge >= 0.3 is 0 Å². The molecule has 0 aliphatic carbocycles.